The Morgan fingerprint density at radius 1 is 1.60 bits per heavy atom. The molecule has 1 fully saturated rings. The molecule has 4 heteroatoms. The average Bonchev–Trinajstić information content (AvgIpc) is 2.52. The first-order valence-corrected chi connectivity index (χ1v) is 6.14. The van der Waals surface area contributed by atoms with Gasteiger partial charge in [-0.3, -0.25) is 4.90 Å². The molecule has 2 heterocycles. The minimum atomic E-state index is 0. The molecule has 0 aromatic carbocycles. The van der Waals surface area contributed by atoms with Gasteiger partial charge in [0, 0.05) is 24.0 Å². The molecule has 2 N–H and O–H groups in total. The number of nitrogens with two attached hydrogens (primary N) is 1. The van der Waals surface area contributed by atoms with Crippen LogP contribution < -0.4 is 5.73 Å². The number of piperidine rings is 1. The van der Waals surface area contributed by atoms with Crippen molar-refractivity contribution in [2.45, 2.75) is 32.4 Å². The van der Waals surface area contributed by atoms with Gasteiger partial charge < -0.3 is 5.73 Å². The van der Waals surface area contributed by atoms with E-state index >= 15 is 0 Å². The maximum absolute atomic E-state index is 5.95. The number of likely N-dealkylation sites (tertiary alicyclic amines) is 1. The Balaban J connectivity index is 0.00000112. The normalized spacial score (nSPS) is 22.4. The first-order chi connectivity index (χ1) is 6.75. The monoisotopic (exact) mass is 246 g/mol. The highest BCUT2D eigenvalue weighted by molar-refractivity contribution is 7.10. The lowest BCUT2D eigenvalue weighted by Crippen LogP contribution is -2.42. The lowest BCUT2D eigenvalue weighted by atomic mass is 10.1. The third kappa shape index (κ3) is 3.45. The van der Waals surface area contributed by atoms with E-state index in [-0.39, 0.29) is 12.4 Å². The van der Waals surface area contributed by atoms with E-state index in [9.17, 15) is 0 Å². The van der Waals surface area contributed by atoms with Crippen LogP contribution in [0.5, 0.6) is 0 Å². The first-order valence-electron chi connectivity index (χ1n) is 5.26. The van der Waals surface area contributed by atoms with Crippen molar-refractivity contribution in [2.24, 2.45) is 5.73 Å². The van der Waals surface area contributed by atoms with Crippen LogP contribution in [0.1, 0.15) is 23.3 Å². The fourth-order valence-corrected chi connectivity index (χ4v) is 2.95. The molecule has 15 heavy (non-hydrogen) atoms. The molecule has 1 aliphatic rings. The quantitative estimate of drug-likeness (QED) is 0.869. The van der Waals surface area contributed by atoms with Crippen molar-refractivity contribution in [3.05, 3.63) is 21.9 Å². The average molecular weight is 247 g/mol. The van der Waals surface area contributed by atoms with E-state index in [4.69, 9.17) is 5.73 Å². The fourth-order valence-electron chi connectivity index (χ4n) is 2.00. The largest absolute Gasteiger partial charge is 0.327 e. The van der Waals surface area contributed by atoms with Gasteiger partial charge in [-0.1, -0.05) is 0 Å². The molecule has 0 radical (unpaired) electrons. The van der Waals surface area contributed by atoms with Crippen LogP contribution in [0.3, 0.4) is 0 Å². The lowest BCUT2D eigenvalue weighted by molar-refractivity contribution is 0.203. The molecule has 86 valence electrons. The zero-order valence-corrected chi connectivity index (χ0v) is 10.7. The van der Waals surface area contributed by atoms with Gasteiger partial charge in [0.25, 0.3) is 0 Å². The Hall–Kier alpha value is -0.0900. The minimum absolute atomic E-state index is 0. The Morgan fingerprint density at radius 2 is 2.40 bits per heavy atom. The summed E-state index contributed by atoms with van der Waals surface area (Å²) in [6.45, 7) is 5.56. The number of thiophene rings is 1. The summed E-state index contributed by atoms with van der Waals surface area (Å²) in [7, 11) is 0. The van der Waals surface area contributed by atoms with Gasteiger partial charge in [0.15, 0.2) is 0 Å². The molecule has 1 aliphatic heterocycles. The number of halogens is 1. The molecular formula is C11H19ClN2S. The molecule has 2 nitrogen and oxygen atoms in total. The zero-order chi connectivity index (χ0) is 9.97. The lowest BCUT2D eigenvalue weighted by Gasteiger charge is -2.30. The molecule has 0 unspecified atom stereocenters. The summed E-state index contributed by atoms with van der Waals surface area (Å²) < 4.78 is 0. The van der Waals surface area contributed by atoms with Gasteiger partial charge in [0.05, 0.1) is 0 Å². The second-order valence-electron chi connectivity index (χ2n) is 4.16. The standard InChI is InChI=1S/C11H18N2S.ClH/c1-9-4-6-14-11(9)8-13-5-2-3-10(12)7-13;/h4,6,10H,2-3,5,7-8,12H2,1H3;1H/t10-;/m1./s1. The first kappa shape index (κ1) is 13.0. The number of nitrogens with zero attached hydrogens (tertiary/aromatic N) is 1. The summed E-state index contributed by atoms with van der Waals surface area (Å²) in [5, 5.41) is 2.18. The van der Waals surface area contributed by atoms with Crippen molar-refractivity contribution in [3.63, 3.8) is 0 Å². The molecule has 0 bridgehead atoms. The molecule has 1 saturated heterocycles. The van der Waals surface area contributed by atoms with Gasteiger partial charge >= 0.3 is 0 Å². The van der Waals surface area contributed by atoms with E-state index in [0.717, 1.165) is 13.1 Å². The van der Waals surface area contributed by atoms with Gasteiger partial charge in [0.2, 0.25) is 0 Å². The highest BCUT2D eigenvalue weighted by atomic mass is 35.5. The summed E-state index contributed by atoms with van der Waals surface area (Å²) in [6.07, 6.45) is 2.45. The molecule has 0 saturated carbocycles. The van der Waals surface area contributed by atoms with Crippen LogP contribution >= 0.6 is 23.7 Å². The smallest absolute Gasteiger partial charge is 0.0331 e. The van der Waals surface area contributed by atoms with Crippen LogP contribution in [0.4, 0.5) is 0 Å². The van der Waals surface area contributed by atoms with E-state index in [1.54, 1.807) is 0 Å². The molecule has 1 aromatic rings. The summed E-state index contributed by atoms with van der Waals surface area (Å²) in [5.41, 5.74) is 7.38. The number of hydrogen-bond acceptors (Lipinski definition) is 3. The summed E-state index contributed by atoms with van der Waals surface area (Å²) in [4.78, 5) is 3.98. The van der Waals surface area contributed by atoms with E-state index in [2.05, 4.69) is 23.3 Å². The summed E-state index contributed by atoms with van der Waals surface area (Å²) >= 11 is 1.86. The van der Waals surface area contributed by atoms with E-state index in [1.807, 2.05) is 11.3 Å². The van der Waals surface area contributed by atoms with E-state index in [1.165, 1.54) is 29.8 Å². The Bertz CT molecular complexity index is 301. The third-order valence-corrected chi connectivity index (χ3v) is 3.89. The SMILES string of the molecule is Cc1ccsc1CN1CCC[C@@H](N)C1.Cl. The van der Waals surface area contributed by atoms with Gasteiger partial charge in [-0.25, -0.2) is 0 Å². The molecule has 0 spiro atoms. The van der Waals surface area contributed by atoms with E-state index < -0.39 is 0 Å². The molecule has 0 amide bonds. The van der Waals surface area contributed by atoms with Crippen LogP contribution in [0.2, 0.25) is 0 Å². The maximum Gasteiger partial charge on any atom is 0.0331 e. The van der Waals surface area contributed by atoms with Crippen LogP contribution in [-0.2, 0) is 6.54 Å². The van der Waals surface area contributed by atoms with Gasteiger partial charge in [-0.05, 0) is 43.3 Å². The zero-order valence-electron chi connectivity index (χ0n) is 9.11. The Labute approximate surface area is 102 Å². The second-order valence-corrected chi connectivity index (χ2v) is 5.16. The van der Waals surface area contributed by atoms with Crippen molar-refractivity contribution in [1.82, 2.24) is 4.90 Å². The number of aryl methyl sites for hydroxylation is 1. The van der Waals surface area contributed by atoms with Crippen LogP contribution in [0.15, 0.2) is 11.4 Å². The highest BCUT2D eigenvalue weighted by Crippen LogP contribution is 2.19. The van der Waals surface area contributed by atoms with Crippen LogP contribution in [0, 0.1) is 6.92 Å². The maximum atomic E-state index is 5.95. The minimum Gasteiger partial charge on any atom is -0.327 e. The Kier molecular flexibility index (Phi) is 5.06. The molecule has 1 atom stereocenters. The second kappa shape index (κ2) is 5.85. The topological polar surface area (TPSA) is 29.3 Å². The fraction of sp³-hybridized carbons (Fsp3) is 0.636. The molecular weight excluding hydrogens is 228 g/mol. The van der Waals surface area contributed by atoms with Crippen LogP contribution in [-0.4, -0.2) is 24.0 Å². The van der Waals surface area contributed by atoms with Gasteiger partial charge in [0.1, 0.15) is 0 Å². The van der Waals surface area contributed by atoms with Gasteiger partial charge in [-0.15, -0.1) is 23.7 Å². The van der Waals surface area contributed by atoms with E-state index in [0.29, 0.717) is 6.04 Å². The van der Waals surface area contributed by atoms with Crippen molar-refractivity contribution < 1.29 is 0 Å². The summed E-state index contributed by atoms with van der Waals surface area (Å²) in [6, 6.07) is 2.59. The summed E-state index contributed by atoms with van der Waals surface area (Å²) in [5.74, 6) is 0. The third-order valence-electron chi connectivity index (χ3n) is 2.88. The predicted molar refractivity (Wildman–Crippen MR) is 68.8 cm³/mol. The number of rotatable bonds is 2. The molecule has 1 aromatic heterocycles. The number of hydrogen-bond donors (Lipinski definition) is 1. The predicted octanol–water partition coefficient (Wildman–Crippen LogP) is 2.40. The van der Waals surface area contributed by atoms with Crippen molar-refractivity contribution in [2.75, 3.05) is 13.1 Å². The van der Waals surface area contributed by atoms with Crippen LogP contribution in [0.25, 0.3) is 0 Å². The van der Waals surface area contributed by atoms with Gasteiger partial charge in [-0.2, -0.15) is 0 Å². The van der Waals surface area contributed by atoms with Crippen molar-refractivity contribution >= 4 is 23.7 Å². The Morgan fingerprint density at radius 3 is 3.00 bits per heavy atom. The van der Waals surface area contributed by atoms with Crippen molar-refractivity contribution in [3.8, 4) is 0 Å². The molecule has 0 aliphatic carbocycles. The molecule has 2 rings (SSSR count). The highest BCUT2D eigenvalue weighted by Gasteiger charge is 2.17. The van der Waals surface area contributed by atoms with Crippen molar-refractivity contribution in [1.29, 1.82) is 0 Å².